The minimum atomic E-state index is -4.37. The van der Waals surface area contributed by atoms with Crippen LogP contribution in [0.15, 0.2) is 36.4 Å². The molecule has 0 saturated heterocycles. The molecule has 10 heteroatoms. The highest BCUT2D eigenvalue weighted by Crippen LogP contribution is 2.41. The van der Waals surface area contributed by atoms with Crippen LogP contribution in [0.25, 0.3) is 0 Å². The van der Waals surface area contributed by atoms with Crippen LogP contribution in [0.3, 0.4) is 0 Å². The lowest BCUT2D eigenvalue weighted by atomic mass is 9.94. The van der Waals surface area contributed by atoms with Crippen LogP contribution in [-0.2, 0) is 21.3 Å². The second-order valence-corrected chi connectivity index (χ2v) is 9.14. The fourth-order valence-corrected chi connectivity index (χ4v) is 4.07. The molecule has 0 spiro atoms. The van der Waals surface area contributed by atoms with Gasteiger partial charge in [-0.3, -0.25) is 4.79 Å². The first-order chi connectivity index (χ1) is 16.8. The molecule has 2 aromatic rings. The Bertz CT molecular complexity index is 1060. The fraction of sp³-hybridized carbons (Fsp3) is 0.462. The third-order valence-corrected chi connectivity index (χ3v) is 6.11. The van der Waals surface area contributed by atoms with E-state index in [9.17, 15) is 27.2 Å². The summed E-state index contributed by atoms with van der Waals surface area (Å²) < 4.78 is 56.3. The van der Waals surface area contributed by atoms with Gasteiger partial charge in [-0.25, -0.2) is 4.39 Å². The lowest BCUT2D eigenvalue weighted by Gasteiger charge is -2.27. The Balaban J connectivity index is 0.000000255. The van der Waals surface area contributed by atoms with Crippen LogP contribution in [0.1, 0.15) is 55.7 Å². The molecule has 1 aliphatic heterocycles. The number of fused-ring (bicyclic) bond motifs is 1. The number of likely N-dealkylation sites (N-methyl/N-ethyl adjacent to an activating group) is 1. The second kappa shape index (κ2) is 12.2. The molecular formula is C26H32F4N2O4. The van der Waals surface area contributed by atoms with E-state index < -0.39 is 17.7 Å². The number of methoxy groups -OCH3 is 1. The fourth-order valence-electron chi connectivity index (χ4n) is 4.07. The van der Waals surface area contributed by atoms with Crippen LogP contribution in [0, 0.1) is 5.82 Å². The molecule has 0 fully saturated rings. The van der Waals surface area contributed by atoms with Crippen molar-refractivity contribution in [2.75, 3.05) is 32.1 Å². The summed E-state index contributed by atoms with van der Waals surface area (Å²) in [6, 6.07) is 8.44. The average molecular weight is 513 g/mol. The van der Waals surface area contributed by atoms with Crippen molar-refractivity contribution in [3.8, 4) is 5.75 Å². The summed E-state index contributed by atoms with van der Waals surface area (Å²) in [5.41, 5.74) is 1.26. The van der Waals surface area contributed by atoms with E-state index in [0.717, 1.165) is 29.7 Å². The van der Waals surface area contributed by atoms with Gasteiger partial charge in [0.05, 0.1) is 12.7 Å². The molecule has 1 aliphatic rings. The van der Waals surface area contributed by atoms with Gasteiger partial charge in [0.2, 0.25) is 0 Å². The molecule has 6 nitrogen and oxygen atoms in total. The van der Waals surface area contributed by atoms with Crippen molar-refractivity contribution in [3.05, 3.63) is 58.9 Å². The zero-order valence-electron chi connectivity index (χ0n) is 20.8. The molecule has 0 aliphatic carbocycles. The Morgan fingerprint density at radius 2 is 1.86 bits per heavy atom. The number of aliphatic carboxylic acids is 1. The molecular weight excluding hydrogens is 480 g/mol. The molecule has 1 unspecified atom stereocenters. The van der Waals surface area contributed by atoms with Gasteiger partial charge in [-0.1, -0.05) is 6.07 Å². The third kappa shape index (κ3) is 7.68. The minimum Gasteiger partial charge on any atom is -0.494 e. The topological polar surface area (TPSA) is 78.9 Å². The Hall–Kier alpha value is -3.14. The van der Waals surface area contributed by atoms with Crippen molar-refractivity contribution in [1.82, 2.24) is 5.32 Å². The van der Waals surface area contributed by atoms with Crippen LogP contribution < -0.4 is 15.0 Å². The van der Waals surface area contributed by atoms with Crippen molar-refractivity contribution in [2.45, 2.75) is 50.7 Å². The normalized spacial score (nSPS) is 15.1. The number of carboxylic acid groups (broad SMARTS) is 1. The highest BCUT2D eigenvalue weighted by atomic mass is 19.4. The summed E-state index contributed by atoms with van der Waals surface area (Å²) in [6.07, 6.45) is -2.72. The highest BCUT2D eigenvalue weighted by Gasteiger charge is 2.34. The molecule has 0 amide bonds. The Morgan fingerprint density at radius 3 is 2.44 bits per heavy atom. The predicted molar refractivity (Wildman–Crippen MR) is 129 cm³/mol. The molecule has 3 rings (SSSR count). The van der Waals surface area contributed by atoms with E-state index in [1.807, 2.05) is 18.7 Å². The summed E-state index contributed by atoms with van der Waals surface area (Å²) in [5.74, 6) is -1.23. The number of aldehydes is 1. The Kier molecular flexibility index (Phi) is 9.86. The summed E-state index contributed by atoms with van der Waals surface area (Å²) in [7, 11) is 3.24. The van der Waals surface area contributed by atoms with Crippen LogP contribution in [0.5, 0.6) is 5.75 Å². The van der Waals surface area contributed by atoms with Crippen molar-refractivity contribution < 1.29 is 37.0 Å². The number of ether oxygens (including phenoxy) is 1. The van der Waals surface area contributed by atoms with Crippen molar-refractivity contribution in [1.29, 1.82) is 0 Å². The van der Waals surface area contributed by atoms with Gasteiger partial charge in [-0.2, -0.15) is 13.2 Å². The number of carbonyl (C=O) groups excluding carboxylic acids is 1. The van der Waals surface area contributed by atoms with Gasteiger partial charge in [0, 0.05) is 50.1 Å². The number of nitrogens with zero attached hydrogens (tertiary/aromatic N) is 1. The van der Waals surface area contributed by atoms with E-state index in [1.165, 1.54) is 19.2 Å². The highest BCUT2D eigenvalue weighted by molar-refractivity contribution is 5.67. The van der Waals surface area contributed by atoms with Gasteiger partial charge >= 0.3 is 12.1 Å². The number of anilines is 1. The zero-order valence-corrected chi connectivity index (χ0v) is 20.8. The van der Waals surface area contributed by atoms with Gasteiger partial charge in [-0.05, 0) is 61.7 Å². The number of hydrogen-bond acceptors (Lipinski definition) is 5. The van der Waals surface area contributed by atoms with Crippen LogP contribution in [0.4, 0.5) is 23.2 Å². The van der Waals surface area contributed by atoms with Gasteiger partial charge in [-0.15, -0.1) is 0 Å². The average Bonchev–Trinajstić information content (AvgIpc) is 3.13. The quantitative estimate of drug-likeness (QED) is 0.268. The maximum absolute atomic E-state index is 13.3. The number of carboxylic acids is 1. The molecule has 36 heavy (non-hydrogen) atoms. The SMILES string of the molecule is CN1CC(CCC(=O)O)c2cc(C(F)(F)F)ccc21.COc1cc(C(C)(C)NCCC=O)ccc1F. The number of rotatable bonds is 9. The molecule has 0 radical (unpaired) electrons. The standard InChI is InChI=1S/C13H14F3NO2.C13H18FNO2/c1-17-7-8(2-5-12(18)19)10-6-9(13(14,15)16)3-4-11(10)17;1-13(2,15-7-4-8-16)10-5-6-11(14)12(9-10)17-3/h3-4,6,8H,2,5,7H2,1H3,(H,18,19);5-6,8-9,15H,4,7H2,1-3H3. The molecule has 0 aromatic heterocycles. The lowest BCUT2D eigenvalue weighted by Crippen LogP contribution is -2.37. The number of benzene rings is 2. The van der Waals surface area contributed by atoms with Crippen molar-refractivity contribution in [2.24, 2.45) is 0 Å². The summed E-state index contributed by atoms with van der Waals surface area (Å²) >= 11 is 0. The maximum atomic E-state index is 13.3. The number of hydrogen-bond donors (Lipinski definition) is 2. The van der Waals surface area contributed by atoms with Crippen LogP contribution >= 0.6 is 0 Å². The monoisotopic (exact) mass is 512 g/mol. The second-order valence-electron chi connectivity index (χ2n) is 9.14. The molecule has 2 N–H and O–H groups in total. The largest absolute Gasteiger partial charge is 0.494 e. The third-order valence-electron chi connectivity index (χ3n) is 6.11. The summed E-state index contributed by atoms with van der Waals surface area (Å²) in [4.78, 5) is 22.7. The van der Waals surface area contributed by atoms with E-state index in [1.54, 1.807) is 19.2 Å². The van der Waals surface area contributed by atoms with E-state index in [-0.39, 0.29) is 29.4 Å². The number of halogens is 4. The molecule has 0 saturated carbocycles. The first-order valence-corrected chi connectivity index (χ1v) is 11.5. The Morgan fingerprint density at radius 1 is 1.19 bits per heavy atom. The smallest absolute Gasteiger partial charge is 0.416 e. The predicted octanol–water partition coefficient (Wildman–Crippen LogP) is 5.35. The van der Waals surface area contributed by atoms with Gasteiger partial charge in [0.15, 0.2) is 11.6 Å². The Labute approximate surface area is 208 Å². The van der Waals surface area contributed by atoms with Crippen molar-refractivity contribution in [3.63, 3.8) is 0 Å². The van der Waals surface area contributed by atoms with Gasteiger partial charge in [0.1, 0.15) is 6.29 Å². The van der Waals surface area contributed by atoms with E-state index in [0.29, 0.717) is 31.5 Å². The molecule has 2 aromatic carbocycles. The van der Waals surface area contributed by atoms with Crippen LogP contribution in [0.2, 0.25) is 0 Å². The first kappa shape index (κ1) is 29.1. The molecule has 0 bridgehead atoms. The lowest BCUT2D eigenvalue weighted by molar-refractivity contribution is -0.138. The van der Waals surface area contributed by atoms with E-state index in [4.69, 9.17) is 9.84 Å². The minimum absolute atomic E-state index is 0.0335. The van der Waals surface area contributed by atoms with Gasteiger partial charge in [0.25, 0.3) is 0 Å². The van der Waals surface area contributed by atoms with E-state index in [2.05, 4.69) is 5.32 Å². The van der Waals surface area contributed by atoms with Crippen molar-refractivity contribution >= 4 is 17.9 Å². The number of alkyl halides is 3. The van der Waals surface area contributed by atoms with Gasteiger partial charge < -0.3 is 24.9 Å². The summed E-state index contributed by atoms with van der Waals surface area (Å²) in [6.45, 7) is 5.11. The molecule has 198 valence electrons. The molecule has 1 atom stereocenters. The first-order valence-electron chi connectivity index (χ1n) is 11.5. The van der Waals surface area contributed by atoms with E-state index >= 15 is 0 Å². The molecule has 1 heterocycles. The summed E-state index contributed by atoms with van der Waals surface area (Å²) in [5, 5.41) is 11.9. The number of carbonyl (C=O) groups is 2. The maximum Gasteiger partial charge on any atom is 0.416 e. The zero-order chi connectivity index (χ0) is 27.1. The number of nitrogens with one attached hydrogen (secondary N) is 1. The van der Waals surface area contributed by atoms with Crippen LogP contribution in [-0.4, -0.2) is 44.6 Å².